The van der Waals surface area contributed by atoms with Gasteiger partial charge in [0, 0.05) is 0 Å². The highest BCUT2D eigenvalue weighted by Crippen LogP contribution is 2.28. The molecule has 0 aromatic heterocycles. The van der Waals surface area contributed by atoms with Gasteiger partial charge in [-0.15, -0.1) is 0 Å². The van der Waals surface area contributed by atoms with Crippen molar-refractivity contribution in [2.45, 2.75) is 6.61 Å². The Bertz CT molecular complexity index is 695. The van der Waals surface area contributed by atoms with E-state index in [2.05, 4.69) is 0 Å². The van der Waals surface area contributed by atoms with Crippen molar-refractivity contribution in [3.8, 4) is 11.8 Å². The fourth-order valence-corrected chi connectivity index (χ4v) is 1.65. The SMILES string of the molecule is N#Cc1cccc(COc2ccc(F)cc2[N+](=O)[O-])c1. The van der Waals surface area contributed by atoms with Crippen LogP contribution in [0.15, 0.2) is 42.5 Å². The van der Waals surface area contributed by atoms with Crippen LogP contribution < -0.4 is 4.74 Å². The zero-order chi connectivity index (χ0) is 14.5. The molecular weight excluding hydrogens is 263 g/mol. The van der Waals surface area contributed by atoms with Gasteiger partial charge in [0.2, 0.25) is 0 Å². The molecule has 5 nitrogen and oxygen atoms in total. The monoisotopic (exact) mass is 272 g/mol. The van der Waals surface area contributed by atoms with Gasteiger partial charge in [0.05, 0.1) is 22.6 Å². The van der Waals surface area contributed by atoms with Crippen molar-refractivity contribution in [2.24, 2.45) is 0 Å². The Morgan fingerprint density at radius 2 is 2.10 bits per heavy atom. The normalized spacial score (nSPS) is 9.80. The summed E-state index contributed by atoms with van der Waals surface area (Å²) < 4.78 is 18.3. The molecule has 0 saturated heterocycles. The number of nitrogens with zero attached hydrogens (tertiary/aromatic N) is 2. The predicted octanol–water partition coefficient (Wildman–Crippen LogP) is 3.18. The van der Waals surface area contributed by atoms with E-state index in [1.165, 1.54) is 6.07 Å². The number of benzene rings is 2. The summed E-state index contributed by atoms with van der Waals surface area (Å²) in [5.41, 5.74) is 0.740. The Morgan fingerprint density at radius 3 is 2.80 bits per heavy atom. The Morgan fingerprint density at radius 1 is 1.30 bits per heavy atom. The van der Waals surface area contributed by atoms with E-state index in [0.717, 1.165) is 12.1 Å². The molecule has 0 spiro atoms. The second-order valence-electron chi connectivity index (χ2n) is 3.97. The molecule has 100 valence electrons. The van der Waals surface area contributed by atoms with E-state index < -0.39 is 16.4 Å². The van der Waals surface area contributed by atoms with E-state index >= 15 is 0 Å². The average molecular weight is 272 g/mol. The number of halogens is 1. The lowest BCUT2D eigenvalue weighted by atomic mass is 10.1. The van der Waals surface area contributed by atoms with E-state index in [4.69, 9.17) is 10.00 Å². The summed E-state index contributed by atoms with van der Waals surface area (Å²) in [7, 11) is 0. The third-order valence-electron chi connectivity index (χ3n) is 2.57. The molecule has 0 unspecified atom stereocenters. The van der Waals surface area contributed by atoms with Crippen LogP contribution in [-0.4, -0.2) is 4.92 Å². The van der Waals surface area contributed by atoms with Crippen LogP contribution >= 0.6 is 0 Å². The number of hydrogen-bond acceptors (Lipinski definition) is 4. The first-order valence-electron chi connectivity index (χ1n) is 5.66. The van der Waals surface area contributed by atoms with E-state index in [-0.39, 0.29) is 12.4 Å². The van der Waals surface area contributed by atoms with Gasteiger partial charge in [0.25, 0.3) is 0 Å². The summed E-state index contributed by atoms with van der Waals surface area (Å²) >= 11 is 0. The smallest absolute Gasteiger partial charge is 0.313 e. The second-order valence-corrected chi connectivity index (χ2v) is 3.97. The van der Waals surface area contributed by atoms with Crippen molar-refractivity contribution in [3.05, 3.63) is 69.5 Å². The van der Waals surface area contributed by atoms with Crippen LogP contribution in [0.1, 0.15) is 11.1 Å². The van der Waals surface area contributed by atoms with Crippen molar-refractivity contribution in [3.63, 3.8) is 0 Å². The van der Waals surface area contributed by atoms with Gasteiger partial charge in [-0.2, -0.15) is 5.26 Å². The highest BCUT2D eigenvalue weighted by atomic mass is 19.1. The van der Waals surface area contributed by atoms with E-state index in [9.17, 15) is 14.5 Å². The Hall–Kier alpha value is -2.94. The third kappa shape index (κ3) is 3.09. The lowest BCUT2D eigenvalue weighted by molar-refractivity contribution is -0.386. The summed E-state index contributed by atoms with van der Waals surface area (Å²) in [6.45, 7) is 0.0575. The number of nitro groups is 1. The largest absolute Gasteiger partial charge is 0.482 e. The molecule has 6 heteroatoms. The fourth-order valence-electron chi connectivity index (χ4n) is 1.65. The molecule has 0 atom stereocenters. The van der Waals surface area contributed by atoms with Crippen molar-refractivity contribution in [1.82, 2.24) is 0 Å². The number of hydrogen-bond donors (Lipinski definition) is 0. The first-order valence-corrected chi connectivity index (χ1v) is 5.66. The first-order chi connectivity index (χ1) is 9.60. The lowest BCUT2D eigenvalue weighted by Crippen LogP contribution is -2.00. The summed E-state index contributed by atoms with van der Waals surface area (Å²) in [4.78, 5) is 10.1. The molecule has 0 heterocycles. The number of nitriles is 1. The quantitative estimate of drug-likeness (QED) is 0.632. The molecular formula is C14H9FN2O3. The van der Waals surface area contributed by atoms with Gasteiger partial charge in [0.1, 0.15) is 12.4 Å². The summed E-state index contributed by atoms with van der Waals surface area (Å²) in [6.07, 6.45) is 0. The van der Waals surface area contributed by atoms with E-state index in [0.29, 0.717) is 11.1 Å². The number of nitro benzene ring substituents is 1. The molecule has 2 rings (SSSR count). The maximum absolute atomic E-state index is 13.0. The molecule has 0 radical (unpaired) electrons. The van der Waals surface area contributed by atoms with Crippen LogP contribution in [0.2, 0.25) is 0 Å². The minimum absolute atomic E-state index is 0.0150. The van der Waals surface area contributed by atoms with Crippen LogP contribution in [-0.2, 0) is 6.61 Å². The van der Waals surface area contributed by atoms with Crippen LogP contribution in [0.4, 0.5) is 10.1 Å². The molecule has 2 aromatic carbocycles. The summed E-state index contributed by atoms with van der Waals surface area (Å²) in [5.74, 6) is -0.714. The zero-order valence-electron chi connectivity index (χ0n) is 10.2. The molecule has 0 saturated carbocycles. The molecule has 0 bridgehead atoms. The van der Waals surface area contributed by atoms with Crippen molar-refractivity contribution >= 4 is 5.69 Å². The van der Waals surface area contributed by atoms with Gasteiger partial charge in [-0.1, -0.05) is 12.1 Å². The van der Waals surface area contributed by atoms with Crippen LogP contribution in [0.3, 0.4) is 0 Å². The van der Waals surface area contributed by atoms with Gasteiger partial charge in [0.15, 0.2) is 5.75 Å². The molecule has 20 heavy (non-hydrogen) atoms. The standard InChI is InChI=1S/C14H9FN2O3/c15-12-4-5-14(13(7-12)17(18)19)20-9-11-3-1-2-10(6-11)8-16/h1-7H,9H2. The molecule has 2 aromatic rings. The Balaban J connectivity index is 2.19. The van der Waals surface area contributed by atoms with Crippen molar-refractivity contribution in [2.75, 3.05) is 0 Å². The minimum atomic E-state index is -0.704. The second kappa shape index (κ2) is 5.80. The topological polar surface area (TPSA) is 76.2 Å². The maximum atomic E-state index is 13.0. The van der Waals surface area contributed by atoms with Gasteiger partial charge in [-0.05, 0) is 29.8 Å². The van der Waals surface area contributed by atoms with Gasteiger partial charge in [-0.25, -0.2) is 4.39 Å². The maximum Gasteiger partial charge on any atom is 0.313 e. The highest BCUT2D eigenvalue weighted by Gasteiger charge is 2.16. The van der Waals surface area contributed by atoms with Crippen LogP contribution in [0.25, 0.3) is 0 Å². The molecule has 0 aliphatic carbocycles. The van der Waals surface area contributed by atoms with E-state index in [1.807, 2.05) is 6.07 Å². The molecule has 0 N–H and O–H groups in total. The Labute approximate surface area is 114 Å². The highest BCUT2D eigenvalue weighted by molar-refractivity contribution is 5.46. The number of rotatable bonds is 4. The minimum Gasteiger partial charge on any atom is -0.482 e. The van der Waals surface area contributed by atoms with Crippen LogP contribution in [0, 0.1) is 27.3 Å². The summed E-state index contributed by atoms with van der Waals surface area (Å²) in [6, 6.07) is 11.8. The molecule has 0 aliphatic heterocycles. The van der Waals surface area contributed by atoms with Gasteiger partial charge < -0.3 is 4.74 Å². The third-order valence-corrected chi connectivity index (χ3v) is 2.57. The molecule has 0 fully saturated rings. The molecule has 0 amide bonds. The zero-order valence-corrected chi connectivity index (χ0v) is 10.2. The van der Waals surface area contributed by atoms with Crippen LogP contribution in [0.5, 0.6) is 5.75 Å². The van der Waals surface area contributed by atoms with Crippen molar-refractivity contribution in [1.29, 1.82) is 5.26 Å². The lowest BCUT2D eigenvalue weighted by Gasteiger charge is -2.07. The fraction of sp³-hybridized carbons (Fsp3) is 0.0714. The number of ether oxygens (including phenoxy) is 1. The van der Waals surface area contributed by atoms with Crippen molar-refractivity contribution < 1.29 is 14.1 Å². The van der Waals surface area contributed by atoms with Gasteiger partial charge >= 0.3 is 5.69 Å². The first kappa shape index (κ1) is 13.5. The summed E-state index contributed by atoms with van der Waals surface area (Å²) in [5, 5.41) is 19.6. The average Bonchev–Trinajstić information content (AvgIpc) is 2.46. The predicted molar refractivity (Wildman–Crippen MR) is 68.5 cm³/mol. The molecule has 0 aliphatic rings. The van der Waals surface area contributed by atoms with E-state index in [1.54, 1.807) is 24.3 Å². The Kier molecular flexibility index (Phi) is 3.91. The van der Waals surface area contributed by atoms with Gasteiger partial charge in [-0.3, -0.25) is 10.1 Å².